The first-order chi connectivity index (χ1) is 20.8. The molecular formula is C38H32O5. The van der Waals surface area contributed by atoms with Gasteiger partial charge in [0.15, 0.2) is 5.78 Å². The number of carboxylic acid groups (broad SMARTS) is 2. The highest BCUT2D eigenvalue weighted by Gasteiger charge is 2.28. The number of carbonyl (C=O) groups is 3. The molecule has 2 unspecified atom stereocenters. The number of hydrogen-bond donors (Lipinski definition) is 2. The van der Waals surface area contributed by atoms with Gasteiger partial charge in [-0.15, -0.1) is 0 Å². The molecule has 43 heavy (non-hydrogen) atoms. The van der Waals surface area contributed by atoms with Gasteiger partial charge in [-0.25, -0.2) is 0 Å². The molecule has 0 saturated carbocycles. The lowest BCUT2D eigenvalue weighted by Gasteiger charge is -2.09. The van der Waals surface area contributed by atoms with Gasteiger partial charge in [0.1, 0.15) is 0 Å². The largest absolute Gasteiger partial charge is 0.481 e. The molecule has 0 spiro atoms. The average Bonchev–Trinajstić information content (AvgIpc) is 3.27. The predicted molar refractivity (Wildman–Crippen MR) is 172 cm³/mol. The van der Waals surface area contributed by atoms with E-state index >= 15 is 0 Å². The summed E-state index contributed by atoms with van der Waals surface area (Å²) in [6.07, 6.45) is 0.0847. The van der Waals surface area contributed by atoms with Crippen LogP contribution in [0.5, 0.6) is 0 Å². The van der Waals surface area contributed by atoms with Crippen molar-refractivity contribution < 1.29 is 24.6 Å². The third-order valence-corrected chi connectivity index (χ3v) is 7.94. The number of carboxylic acids is 2. The maximum atomic E-state index is 11.9. The van der Waals surface area contributed by atoms with Crippen LogP contribution in [0.2, 0.25) is 0 Å². The van der Waals surface area contributed by atoms with Crippen molar-refractivity contribution in [1.82, 2.24) is 0 Å². The van der Waals surface area contributed by atoms with E-state index in [0.717, 1.165) is 43.6 Å². The summed E-state index contributed by atoms with van der Waals surface area (Å²) in [6.45, 7) is 3.70. The van der Waals surface area contributed by atoms with E-state index in [0.29, 0.717) is 0 Å². The van der Waals surface area contributed by atoms with Crippen LogP contribution in [0.25, 0.3) is 32.3 Å². The zero-order chi connectivity index (χ0) is 30.5. The molecular weight excluding hydrogens is 536 g/mol. The van der Waals surface area contributed by atoms with E-state index in [4.69, 9.17) is 10.2 Å². The summed E-state index contributed by atoms with van der Waals surface area (Å²) in [6, 6.07) is 39.3. The predicted octanol–water partition coefficient (Wildman–Crippen LogP) is 8.63. The first-order valence-corrected chi connectivity index (χ1v) is 14.2. The Bertz CT molecular complexity index is 1960. The van der Waals surface area contributed by atoms with Gasteiger partial charge in [-0.1, -0.05) is 128 Å². The number of fused-ring (bicyclic) bond motifs is 2. The Hall–Kier alpha value is -5.29. The molecule has 1 aliphatic carbocycles. The fraction of sp³-hybridized carbons (Fsp3) is 0.132. The van der Waals surface area contributed by atoms with E-state index in [-0.39, 0.29) is 18.1 Å². The van der Waals surface area contributed by atoms with Crippen LogP contribution in [-0.2, 0) is 16.0 Å². The summed E-state index contributed by atoms with van der Waals surface area (Å²) < 4.78 is 0. The van der Waals surface area contributed by atoms with Crippen LogP contribution in [0.1, 0.15) is 52.7 Å². The summed E-state index contributed by atoms with van der Waals surface area (Å²) in [4.78, 5) is 33.4. The fourth-order valence-corrected chi connectivity index (χ4v) is 5.68. The Kier molecular flexibility index (Phi) is 8.63. The number of hydrogen-bond acceptors (Lipinski definition) is 3. The lowest BCUT2D eigenvalue weighted by Crippen LogP contribution is -2.07. The lowest BCUT2D eigenvalue weighted by molar-refractivity contribution is -0.138. The third kappa shape index (κ3) is 6.16. The fourth-order valence-electron chi connectivity index (χ4n) is 5.68. The number of carbonyl (C=O) groups excluding carboxylic acids is 1. The van der Waals surface area contributed by atoms with Crippen LogP contribution >= 0.6 is 0 Å². The van der Waals surface area contributed by atoms with Gasteiger partial charge >= 0.3 is 11.9 Å². The van der Waals surface area contributed by atoms with Gasteiger partial charge in [0, 0.05) is 11.5 Å². The molecule has 6 aromatic carbocycles. The highest BCUT2D eigenvalue weighted by molar-refractivity contribution is 6.17. The second-order valence-corrected chi connectivity index (χ2v) is 10.7. The molecule has 0 amide bonds. The van der Waals surface area contributed by atoms with Crippen molar-refractivity contribution in [3.8, 4) is 0 Å². The van der Waals surface area contributed by atoms with Crippen molar-refractivity contribution in [3.63, 3.8) is 0 Å². The van der Waals surface area contributed by atoms with E-state index in [9.17, 15) is 14.4 Å². The van der Waals surface area contributed by atoms with Gasteiger partial charge in [-0.2, -0.15) is 0 Å². The molecule has 0 radical (unpaired) electrons. The van der Waals surface area contributed by atoms with Crippen LogP contribution < -0.4 is 0 Å². The minimum atomic E-state index is -0.790. The number of aliphatic carboxylic acids is 2. The van der Waals surface area contributed by atoms with Crippen molar-refractivity contribution >= 4 is 50.0 Å². The van der Waals surface area contributed by atoms with Crippen molar-refractivity contribution in [2.24, 2.45) is 0 Å². The van der Waals surface area contributed by atoms with Crippen molar-refractivity contribution in [1.29, 1.82) is 0 Å². The van der Waals surface area contributed by atoms with E-state index in [1.54, 1.807) is 6.92 Å². The summed E-state index contributed by atoms with van der Waals surface area (Å²) in [5, 5.41) is 24.3. The quantitative estimate of drug-likeness (QED) is 0.222. The number of rotatable bonds is 4. The Balaban J connectivity index is 0.000000128. The van der Waals surface area contributed by atoms with Crippen LogP contribution in [0.3, 0.4) is 0 Å². The Morgan fingerprint density at radius 1 is 0.674 bits per heavy atom. The zero-order valence-electron chi connectivity index (χ0n) is 24.0. The number of ketones is 1. The average molecular weight is 569 g/mol. The highest BCUT2D eigenvalue weighted by atomic mass is 16.4. The smallest absolute Gasteiger partial charge is 0.310 e. The Morgan fingerprint density at radius 3 is 1.88 bits per heavy atom. The minimum Gasteiger partial charge on any atom is -0.481 e. The molecule has 1 aliphatic rings. The maximum Gasteiger partial charge on any atom is 0.310 e. The molecule has 0 heterocycles. The van der Waals surface area contributed by atoms with Gasteiger partial charge in [-0.05, 0) is 55.9 Å². The third-order valence-electron chi connectivity index (χ3n) is 7.94. The van der Waals surface area contributed by atoms with E-state index in [2.05, 4.69) is 18.2 Å². The molecule has 214 valence electrons. The van der Waals surface area contributed by atoms with Gasteiger partial charge < -0.3 is 10.2 Å². The highest BCUT2D eigenvalue weighted by Crippen LogP contribution is 2.37. The molecule has 0 aromatic heterocycles. The summed E-state index contributed by atoms with van der Waals surface area (Å²) in [5.41, 5.74) is 3.82. The van der Waals surface area contributed by atoms with Gasteiger partial charge in [0.25, 0.3) is 0 Å². The van der Waals surface area contributed by atoms with E-state index in [1.165, 1.54) is 10.9 Å². The zero-order valence-corrected chi connectivity index (χ0v) is 24.0. The van der Waals surface area contributed by atoms with Crippen molar-refractivity contribution in [2.45, 2.75) is 32.1 Å². The van der Waals surface area contributed by atoms with Crippen LogP contribution in [0, 0.1) is 0 Å². The van der Waals surface area contributed by atoms with E-state index < -0.39 is 17.9 Å². The maximum absolute atomic E-state index is 11.9. The molecule has 0 fully saturated rings. The lowest BCUT2D eigenvalue weighted by atomic mass is 9.95. The second kappa shape index (κ2) is 12.7. The normalized spacial score (nSPS) is 14.0. The van der Waals surface area contributed by atoms with Crippen LogP contribution in [-0.4, -0.2) is 27.9 Å². The molecule has 0 bridgehead atoms. The van der Waals surface area contributed by atoms with Crippen LogP contribution in [0.4, 0.5) is 0 Å². The first kappa shape index (κ1) is 29.2. The molecule has 2 N–H and O–H groups in total. The molecule has 0 saturated heterocycles. The van der Waals surface area contributed by atoms with Gasteiger partial charge in [-0.3, -0.25) is 14.4 Å². The van der Waals surface area contributed by atoms with E-state index in [1.807, 2.05) is 110 Å². The summed E-state index contributed by atoms with van der Waals surface area (Å²) in [5.74, 6) is -1.74. The molecule has 5 heteroatoms. The standard InChI is InChI=1S/C13H12O2.C13H10O.C12H10O2/c1-9(13(14)15)11-8-4-6-10-5-2-3-7-12(10)11;1-8-10-6-2-4-9-5-3-7-11(12(9)10)13(8)14;13-12(14)8-10-6-3-5-9-4-1-2-7-11(9)10/h2-9H,1H3,(H,14,15);2-8H,1H3;1-7H,8H2,(H,13,14). The number of Topliss-reactive ketones (excluding diaryl/α,β-unsaturated/α-hetero) is 1. The topological polar surface area (TPSA) is 91.7 Å². The first-order valence-electron chi connectivity index (χ1n) is 14.2. The summed E-state index contributed by atoms with van der Waals surface area (Å²) in [7, 11) is 0. The van der Waals surface area contributed by atoms with Gasteiger partial charge in [0.05, 0.1) is 12.3 Å². The molecule has 2 atom stereocenters. The Morgan fingerprint density at radius 2 is 1.21 bits per heavy atom. The minimum absolute atomic E-state index is 0.0381. The SMILES string of the molecule is CC(C(=O)O)c1cccc2ccccc12.CC1C(=O)c2cccc3cccc1c23.O=C(O)Cc1cccc2ccccc12. The second-order valence-electron chi connectivity index (χ2n) is 10.7. The molecule has 5 nitrogen and oxygen atoms in total. The Labute approximate surface area is 250 Å². The van der Waals surface area contributed by atoms with Crippen LogP contribution in [0.15, 0.2) is 121 Å². The number of benzene rings is 6. The summed E-state index contributed by atoms with van der Waals surface area (Å²) >= 11 is 0. The van der Waals surface area contributed by atoms with Gasteiger partial charge in [0.2, 0.25) is 0 Å². The monoisotopic (exact) mass is 568 g/mol. The van der Waals surface area contributed by atoms with Crippen molar-refractivity contribution in [3.05, 3.63) is 144 Å². The molecule has 6 aromatic rings. The molecule has 7 rings (SSSR count). The molecule has 0 aliphatic heterocycles. The van der Waals surface area contributed by atoms with Crippen molar-refractivity contribution in [2.75, 3.05) is 0 Å².